The molecule has 27 heavy (non-hydrogen) atoms. The molecule has 7 nitrogen and oxygen atoms in total. The number of halogens is 1. The van der Waals surface area contributed by atoms with Crippen LogP contribution in [0.2, 0.25) is 25.7 Å². The van der Waals surface area contributed by atoms with Crippen LogP contribution in [0, 0.1) is 5.82 Å². The average molecular weight is 390 g/mol. The highest BCUT2D eigenvalue weighted by atomic mass is 28.3. The Bertz CT molecular complexity index is 1060. The molecule has 0 aliphatic rings. The molecule has 0 fully saturated rings. The topological polar surface area (TPSA) is 81.9 Å². The molecule has 0 unspecified atom stereocenters. The van der Waals surface area contributed by atoms with Crippen LogP contribution in [0.25, 0.3) is 11.2 Å². The van der Waals surface area contributed by atoms with Crippen LogP contribution in [0.4, 0.5) is 4.39 Å². The number of hydrogen-bond acceptors (Lipinski definition) is 4. The van der Waals surface area contributed by atoms with Crippen LogP contribution in [-0.4, -0.2) is 33.8 Å². The van der Waals surface area contributed by atoms with Crippen molar-refractivity contribution in [3.05, 3.63) is 62.8 Å². The lowest BCUT2D eigenvalue weighted by Gasteiger charge is -2.15. The van der Waals surface area contributed by atoms with Gasteiger partial charge in [-0.1, -0.05) is 37.8 Å². The van der Waals surface area contributed by atoms with Gasteiger partial charge in [-0.05, 0) is 12.1 Å². The van der Waals surface area contributed by atoms with E-state index in [0.29, 0.717) is 12.2 Å². The second-order valence-corrected chi connectivity index (χ2v) is 13.3. The van der Waals surface area contributed by atoms with Gasteiger partial charge in [0.1, 0.15) is 12.5 Å². The van der Waals surface area contributed by atoms with Crippen molar-refractivity contribution in [1.29, 1.82) is 0 Å². The Morgan fingerprint density at radius 3 is 2.67 bits per heavy atom. The molecular weight excluding hydrogens is 367 g/mol. The molecule has 0 aliphatic heterocycles. The Morgan fingerprint density at radius 1 is 1.22 bits per heavy atom. The smallest absolute Gasteiger partial charge is 0.332 e. The fourth-order valence-corrected chi connectivity index (χ4v) is 3.46. The van der Waals surface area contributed by atoms with E-state index in [4.69, 9.17) is 4.74 Å². The Morgan fingerprint density at radius 2 is 1.96 bits per heavy atom. The first-order valence-electron chi connectivity index (χ1n) is 8.75. The van der Waals surface area contributed by atoms with Crippen molar-refractivity contribution in [2.75, 3.05) is 6.61 Å². The molecule has 1 N–H and O–H groups in total. The number of nitrogens with one attached hydrogen (secondary N) is 1. The fraction of sp³-hybridized carbons (Fsp3) is 0.389. The summed E-state index contributed by atoms with van der Waals surface area (Å²) < 4.78 is 22.4. The van der Waals surface area contributed by atoms with Crippen molar-refractivity contribution in [2.45, 2.75) is 39.0 Å². The summed E-state index contributed by atoms with van der Waals surface area (Å²) in [5.41, 5.74) is -0.251. The van der Waals surface area contributed by atoms with Crippen molar-refractivity contribution in [2.24, 2.45) is 0 Å². The summed E-state index contributed by atoms with van der Waals surface area (Å²) in [5.74, 6) is -0.362. The summed E-state index contributed by atoms with van der Waals surface area (Å²) in [4.78, 5) is 31.0. The van der Waals surface area contributed by atoms with Gasteiger partial charge in [-0.3, -0.25) is 14.3 Å². The zero-order valence-corrected chi connectivity index (χ0v) is 16.7. The number of benzene rings is 1. The summed E-state index contributed by atoms with van der Waals surface area (Å²) in [5, 5.41) is 0. The summed E-state index contributed by atoms with van der Waals surface area (Å²) >= 11 is 0. The van der Waals surface area contributed by atoms with Crippen molar-refractivity contribution < 1.29 is 9.13 Å². The number of rotatable bonds is 7. The first-order chi connectivity index (χ1) is 12.8. The van der Waals surface area contributed by atoms with E-state index in [1.807, 2.05) is 0 Å². The lowest BCUT2D eigenvalue weighted by Crippen LogP contribution is -2.32. The third kappa shape index (κ3) is 4.42. The lowest BCUT2D eigenvalue weighted by molar-refractivity contribution is 0.0865. The van der Waals surface area contributed by atoms with Crippen LogP contribution in [0.1, 0.15) is 5.56 Å². The van der Waals surface area contributed by atoms with Gasteiger partial charge in [0.05, 0.1) is 12.9 Å². The van der Waals surface area contributed by atoms with Gasteiger partial charge >= 0.3 is 5.69 Å². The van der Waals surface area contributed by atoms with E-state index in [2.05, 4.69) is 29.6 Å². The number of imidazole rings is 1. The van der Waals surface area contributed by atoms with E-state index in [0.717, 1.165) is 6.04 Å². The molecule has 144 valence electrons. The maximum Gasteiger partial charge on any atom is 0.332 e. The zero-order valence-electron chi connectivity index (χ0n) is 15.7. The Hall–Kier alpha value is -2.52. The van der Waals surface area contributed by atoms with E-state index < -0.39 is 19.3 Å². The molecule has 2 aromatic heterocycles. The Labute approximate surface area is 156 Å². The maximum atomic E-state index is 13.9. The highest BCUT2D eigenvalue weighted by molar-refractivity contribution is 6.76. The largest absolute Gasteiger partial charge is 0.361 e. The van der Waals surface area contributed by atoms with Crippen LogP contribution < -0.4 is 11.2 Å². The molecular formula is C18H23FN4O3Si. The van der Waals surface area contributed by atoms with Gasteiger partial charge in [-0.15, -0.1) is 0 Å². The second-order valence-electron chi connectivity index (χ2n) is 7.67. The van der Waals surface area contributed by atoms with Crippen molar-refractivity contribution in [3.8, 4) is 0 Å². The van der Waals surface area contributed by atoms with E-state index >= 15 is 0 Å². The lowest BCUT2D eigenvalue weighted by atomic mass is 10.2. The van der Waals surface area contributed by atoms with E-state index in [9.17, 15) is 14.0 Å². The third-order valence-corrected chi connectivity index (χ3v) is 5.97. The highest BCUT2D eigenvalue weighted by Crippen LogP contribution is 2.13. The van der Waals surface area contributed by atoms with Crippen LogP contribution in [0.3, 0.4) is 0 Å². The minimum atomic E-state index is -1.24. The monoisotopic (exact) mass is 390 g/mol. The van der Waals surface area contributed by atoms with Crippen LogP contribution >= 0.6 is 0 Å². The van der Waals surface area contributed by atoms with Crippen molar-refractivity contribution in [3.63, 3.8) is 0 Å². The standard InChI is InChI=1S/C18H23FN4O3Si/c1-27(2,3)9-8-26-12-23-16-15(17(24)21-18(23)25)22(11-20-16)10-13-6-4-5-7-14(13)19/h4-7,11H,8-10,12H2,1-3H3,(H,21,24,25). The molecule has 0 radical (unpaired) electrons. The Balaban J connectivity index is 1.90. The van der Waals surface area contributed by atoms with Gasteiger partial charge in [-0.2, -0.15) is 0 Å². The first-order valence-corrected chi connectivity index (χ1v) is 12.5. The normalized spacial score (nSPS) is 12.0. The van der Waals surface area contributed by atoms with E-state index in [1.54, 1.807) is 18.2 Å². The molecule has 2 heterocycles. The number of hydrogen-bond donors (Lipinski definition) is 1. The number of ether oxygens (including phenoxy) is 1. The maximum absolute atomic E-state index is 13.9. The average Bonchev–Trinajstić information content (AvgIpc) is 2.99. The second kappa shape index (κ2) is 7.61. The SMILES string of the molecule is C[Si](C)(C)CCOCn1c(=O)[nH]c(=O)c2c1ncn2Cc1ccccc1F. The van der Waals surface area contributed by atoms with Gasteiger partial charge in [0, 0.05) is 20.2 Å². The molecule has 0 aliphatic carbocycles. The van der Waals surface area contributed by atoms with Crippen LogP contribution in [-0.2, 0) is 18.0 Å². The first kappa shape index (κ1) is 19.2. The number of fused-ring (bicyclic) bond motifs is 1. The Kier molecular flexibility index (Phi) is 5.42. The summed E-state index contributed by atoms with van der Waals surface area (Å²) in [7, 11) is -1.24. The molecule has 0 atom stereocenters. The number of aromatic amines is 1. The summed E-state index contributed by atoms with van der Waals surface area (Å²) in [6.45, 7) is 7.41. The van der Waals surface area contributed by atoms with Gasteiger partial charge < -0.3 is 9.30 Å². The molecule has 9 heteroatoms. The fourth-order valence-electron chi connectivity index (χ4n) is 2.71. The number of nitrogens with zero attached hydrogens (tertiary/aromatic N) is 3. The molecule has 3 aromatic rings. The molecule has 0 saturated carbocycles. The van der Waals surface area contributed by atoms with Gasteiger partial charge in [0.15, 0.2) is 11.2 Å². The predicted molar refractivity (Wildman–Crippen MR) is 104 cm³/mol. The molecule has 0 amide bonds. The summed E-state index contributed by atoms with van der Waals surface area (Å²) in [6, 6.07) is 7.30. The van der Waals surface area contributed by atoms with Crippen molar-refractivity contribution in [1.82, 2.24) is 19.1 Å². The number of aromatic nitrogens is 4. The molecule has 3 rings (SSSR count). The van der Waals surface area contributed by atoms with Gasteiger partial charge in [0.25, 0.3) is 5.56 Å². The van der Waals surface area contributed by atoms with E-state index in [1.165, 1.54) is 21.5 Å². The van der Waals surface area contributed by atoms with Crippen molar-refractivity contribution >= 4 is 19.2 Å². The molecule has 0 saturated heterocycles. The molecule has 0 spiro atoms. The highest BCUT2D eigenvalue weighted by Gasteiger charge is 2.16. The van der Waals surface area contributed by atoms with E-state index in [-0.39, 0.29) is 30.3 Å². The third-order valence-electron chi connectivity index (χ3n) is 4.27. The molecule has 1 aromatic carbocycles. The van der Waals surface area contributed by atoms with Gasteiger partial charge in [0.2, 0.25) is 0 Å². The van der Waals surface area contributed by atoms with Crippen LogP contribution in [0.5, 0.6) is 0 Å². The minimum absolute atomic E-state index is 0.00725. The summed E-state index contributed by atoms with van der Waals surface area (Å²) in [6.07, 6.45) is 1.43. The zero-order chi connectivity index (χ0) is 19.6. The number of H-pyrrole nitrogens is 1. The quantitative estimate of drug-likeness (QED) is 0.496. The van der Waals surface area contributed by atoms with Crippen LogP contribution in [0.15, 0.2) is 40.2 Å². The molecule has 0 bridgehead atoms. The predicted octanol–water partition coefficient (Wildman–Crippen LogP) is 2.39. The minimum Gasteiger partial charge on any atom is -0.361 e. The van der Waals surface area contributed by atoms with Gasteiger partial charge in [-0.25, -0.2) is 14.2 Å².